The van der Waals surface area contributed by atoms with Gasteiger partial charge >= 0.3 is 5.97 Å². The van der Waals surface area contributed by atoms with E-state index in [0.717, 1.165) is 30.4 Å². The van der Waals surface area contributed by atoms with E-state index >= 15 is 0 Å². The van der Waals surface area contributed by atoms with Crippen LogP contribution in [-0.4, -0.2) is 36.0 Å². The lowest BCUT2D eigenvalue weighted by atomic mass is 9.83. The number of hydrogen-bond acceptors (Lipinski definition) is 5. The molecule has 0 bridgehead atoms. The van der Waals surface area contributed by atoms with E-state index in [1.54, 1.807) is 12.1 Å². The number of nitriles is 1. The molecule has 1 saturated carbocycles. The third-order valence-electron chi connectivity index (χ3n) is 5.61. The van der Waals surface area contributed by atoms with Crippen molar-refractivity contribution in [1.82, 2.24) is 10.6 Å². The number of carbonyl (C=O) groups excluding carboxylic acids is 3. The number of nitrogens with zero attached hydrogens (tertiary/aromatic N) is 1. The van der Waals surface area contributed by atoms with Crippen molar-refractivity contribution in [2.45, 2.75) is 50.7 Å². The lowest BCUT2D eigenvalue weighted by Crippen LogP contribution is -2.52. The molecule has 2 aromatic carbocycles. The Morgan fingerprint density at radius 1 is 1.00 bits per heavy atom. The van der Waals surface area contributed by atoms with Crippen molar-refractivity contribution >= 4 is 17.8 Å². The molecule has 2 amide bonds. The largest absolute Gasteiger partial charge is 0.451 e. The second kappa shape index (κ2) is 10.6. The summed E-state index contributed by atoms with van der Waals surface area (Å²) in [6.07, 6.45) is 2.92. The molecule has 7 heteroatoms. The van der Waals surface area contributed by atoms with Crippen molar-refractivity contribution in [3.63, 3.8) is 0 Å². The van der Waals surface area contributed by atoms with Gasteiger partial charge in [-0.15, -0.1) is 0 Å². The van der Waals surface area contributed by atoms with Crippen molar-refractivity contribution in [3.8, 4) is 17.2 Å². The van der Waals surface area contributed by atoms with Crippen molar-refractivity contribution in [1.29, 1.82) is 5.26 Å². The molecule has 1 aliphatic rings. The number of benzene rings is 2. The van der Waals surface area contributed by atoms with Gasteiger partial charge in [-0.3, -0.25) is 14.4 Å². The zero-order valence-electron chi connectivity index (χ0n) is 18.1. The number of rotatable bonds is 7. The van der Waals surface area contributed by atoms with Crippen LogP contribution in [0.4, 0.5) is 0 Å². The highest BCUT2D eigenvalue weighted by atomic mass is 16.5. The van der Waals surface area contributed by atoms with Gasteiger partial charge in [-0.2, -0.15) is 5.26 Å². The first-order valence-corrected chi connectivity index (χ1v) is 10.8. The quantitative estimate of drug-likeness (QED) is 0.651. The van der Waals surface area contributed by atoms with Gasteiger partial charge in [0.2, 0.25) is 0 Å². The Labute approximate surface area is 187 Å². The van der Waals surface area contributed by atoms with Crippen LogP contribution in [0, 0.1) is 11.3 Å². The number of nitrogens with one attached hydrogen (secondary N) is 2. The summed E-state index contributed by atoms with van der Waals surface area (Å²) >= 11 is 0. The number of esters is 1. The fourth-order valence-corrected chi connectivity index (χ4v) is 3.75. The molecule has 1 atom stereocenters. The molecule has 7 nitrogen and oxygen atoms in total. The summed E-state index contributed by atoms with van der Waals surface area (Å²) < 4.78 is 5.13. The molecule has 0 aromatic heterocycles. The molecule has 0 spiro atoms. The van der Waals surface area contributed by atoms with Gasteiger partial charge in [0.1, 0.15) is 12.1 Å². The van der Waals surface area contributed by atoms with Gasteiger partial charge in [-0.1, -0.05) is 61.7 Å². The summed E-state index contributed by atoms with van der Waals surface area (Å²) in [6, 6.07) is 19.0. The first-order chi connectivity index (χ1) is 15.4. The molecule has 166 valence electrons. The second-order valence-corrected chi connectivity index (χ2v) is 8.00. The van der Waals surface area contributed by atoms with E-state index in [0.29, 0.717) is 18.4 Å². The minimum atomic E-state index is -1.06. The van der Waals surface area contributed by atoms with Crippen LogP contribution in [0.2, 0.25) is 0 Å². The molecular weight excluding hydrogens is 406 g/mol. The fourth-order valence-electron chi connectivity index (χ4n) is 3.75. The Bertz CT molecular complexity index is 990. The van der Waals surface area contributed by atoms with Gasteiger partial charge in [0, 0.05) is 5.56 Å². The molecule has 0 unspecified atom stereocenters. The summed E-state index contributed by atoms with van der Waals surface area (Å²) in [5.41, 5.74) is 1.54. The second-order valence-electron chi connectivity index (χ2n) is 8.00. The molecule has 1 fully saturated rings. The molecule has 0 heterocycles. The third-order valence-corrected chi connectivity index (χ3v) is 5.61. The van der Waals surface area contributed by atoms with Crippen LogP contribution in [0.1, 0.15) is 49.4 Å². The average Bonchev–Trinajstić information content (AvgIpc) is 2.83. The van der Waals surface area contributed by atoms with Crippen LogP contribution in [0.3, 0.4) is 0 Å². The Hall–Kier alpha value is -3.66. The van der Waals surface area contributed by atoms with Crippen LogP contribution in [0.15, 0.2) is 54.6 Å². The molecular formula is C25H27N3O4. The SMILES string of the molecule is C[C@@H](OC(=O)CNC(=O)c1ccc(-c2ccccc2)cc1)C(=O)NC1(C#N)CCCCC1. The summed E-state index contributed by atoms with van der Waals surface area (Å²) in [4.78, 5) is 36.8. The van der Waals surface area contributed by atoms with Crippen LogP contribution in [-0.2, 0) is 14.3 Å². The van der Waals surface area contributed by atoms with E-state index in [4.69, 9.17) is 4.74 Å². The van der Waals surface area contributed by atoms with Crippen molar-refractivity contribution in [2.75, 3.05) is 6.54 Å². The molecule has 2 N–H and O–H groups in total. The van der Waals surface area contributed by atoms with Crippen LogP contribution >= 0.6 is 0 Å². The van der Waals surface area contributed by atoms with Crippen molar-refractivity contribution in [3.05, 3.63) is 60.2 Å². The smallest absolute Gasteiger partial charge is 0.326 e. The Balaban J connectivity index is 1.47. The normalized spacial score (nSPS) is 15.6. The summed E-state index contributed by atoms with van der Waals surface area (Å²) in [5, 5.41) is 14.7. The van der Waals surface area contributed by atoms with Crippen LogP contribution in [0.25, 0.3) is 11.1 Å². The van der Waals surface area contributed by atoms with Gasteiger partial charge in [-0.05, 0) is 43.0 Å². The van der Waals surface area contributed by atoms with Crippen LogP contribution < -0.4 is 10.6 Å². The zero-order valence-corrected chi connectivity index (χ0v) is 18.1. The Morgan fingerprint density at radius 3 is 2.25 bits per heavy atom. The number of hydrogen-bond donors (Lipinski definition) is 2. The third kappa shape index (κ3) is 5.94. The maximum Gasteiger partial charge on any atom is 0.326 e. The number of amides is 2. The monoisotopic (exact) mass is 433 g/mol. The molecule has 0 aliphatic heterocycles. The van der Waals surface area contributed by atoms with Gasteiger partial charge in [0.25, 0.3) is 11.8 Å². The Kier molecular flexibility index (Phi) is 7.61. The topological polar surface area (TPSA) is 108 Å². The van der Waals surface area contributed by atoms with E-state index in [-0.39, 0.29) is 6.54 Å². The summed E-state index contributed by atoms with van der Waals surface area (Å²) in [5.74, 6) is -1.65. The van der Waals surface area contributed by atoms with Crippen LogP contribution in [0.5, 0.6) is 0 Å². The first-order valence-electron chi connectivity index (χ1n) is 10.8. The van der Waals surface area contributed by atoms with Gasteiger partial charge < -0.3 is 15.4 Å². The molecule has 3 rings (SSSR count). The lowest BCUT2D eigenvalue weighted by molar-refractivity contribution is -0.154. The highest BCUT2D eigenvalue weighted by Crippen LogP contribution is 2.27. The van der Waals surface area contributed by atoms with Gasteiger partial charge in [0.15, 0.2) is 6.10 Å². The van der Waals surface area contributed by atoms with E-state index < -0.39 is 29.4 Å². The molecule has 2 aromatic rings. The van der Waals surface area contributed by atoms with E-state index in [9.17, 15) is 19.6 Å². The number of carbonyl (C=O) groups is 3. The highest BCUT2D eigenvalue weighted by molar-refractivity contribution is 5.96. The maximum atomic E-state index is 12.4. The van der Waals surface area contributed by atoms with Gasteiger partial charge in [0.05, 0.1) is 6.07 Å². The summed E-state index contributed by atoms with van der Waals surface area (Å²) in [6.45, 7) is 1.09. The minimum absolute atomic E-state index is 0.361. The highest BCUT2D eigenvalue weighted by Gasteiger charge is 2.35. The molecule has 0 saturated heterocycles. The first kappa shape index (κ1) is 23.0. The lowest BCUT2D eigenvalue weighted by Gasteiger charge is -2.32. The van der Waals surface area contributed by atoms with E-state index in [2.05, 4.69) is 16.7 Å². The zero-order chi connectivity index (χ0) is 23.0. The molecule has 1 aliphatic carbocycles. The molecule has 32 heavy (non-hydrogen) atoms. The number of ether oxygens (including phenoxy) is 1. The van der Waals surface area contributed by atoms with E-state index in [1.165, 1.54) is 6.92 Å². The average molecular weight is 434 g/mol. The van der Waals surface area contributed by atoms with E-state index in [1.807, 2.05) is 42.5 Å². The van der Waals surface area contributed by atoms with Crippen molar-refractivity contribution in [2.24, 2.45) is 0 Å². The molecule has 0 radical (unpaired) electrons. The predicted octanol–water partition coefficient (Wildman–Crippen LogP) is 3.36. The summed E-state index contributed by atoms with van der Waals surface area (Å²) in [7, 11) is 0. The Morgan fingerprint density at radius 2 is 1.62 bits per heavy atom. The minimum Gasteiger partial charge on any atom is -0.451 e. The standard InChI is InChI=1S/C25H27N3O4/c1-18(23(30)28-25(17-26)14-6-3-7-15-25)32-22(29)16-27-24(31)21-12-10-20(11-13-21)19-8-4-2-5-9-19/h2,4-5,8-13,18H,3,6-7,14-16H2,1H3,(H,27,31)(H,28,30)/t18-/m1/s1. The van der Waals surface area contributed by atoms with Crippen molar-refractivity contribution < 1.29 is 19.1 Å². The fraction of sp³-hybridized carbons (Fsp3) is 0.360. The maximum absolute atomic E-state index is 12.4. The van der Waals surface area contributed by atoms with Gasteiger partial charge in [-0.25, -0.2) is 0 Å². The predicted molar refractivity (Wildman–Crippen MR) is 119 cm³/mol.